The van der Waals surface area contributed by atoms with Crippen LogP contribution >= 0.6 is 0 Å². The van der Waals surface area contributed by atoms with Gasteiger partial charge in [0, 0.05) is 23.9 Å². The average molecular weight is 288 g/mol. The Kier molecular flexibility index (Phi) is 4.51. The van der Waals surface area contributed by atoms with Crippen LogP contribution in [0.4, 0.5) is 5.82 Å². The molecule has 5 nitrogen and oxygen atoms in total. The molecule has 4 atom stereocenters. The molecule has 0 spiro atoms. The van der Waals surface area contributed by atoms with E-state index in [9.17, 15) is 5.11 Å². The minimum absolute atomic E-state index is 0.205. The number of nitrogens with one attached hydrogen (secondary N) is 2. The van der Waals surface area contributed by atoms with Crippen LogP contribution in [0.2, 0.25) is 0 Å². The van der Waals surface area contributed by atoms with Gasteiger partial charge in [0.15, 0.2) is 0 Å². The molecular formula is C16H24N4O. The number of fused-ring (bicyclic) bond motifs is 1. The molecule has 1 saturated carbocycles. The van der Waals surface area contributed by atoms with Crippen LogP contribution < -0.4 is 10.7 Å². The number of rotatable bonds is 3. The number of hydrogen-bond donors (Lipinski definition) is 3. The molecule has 114 valence electrons. The summed E-state index contributed by atoms with van der Waals surface area (Å²) in [4.78, 5) is 4.22. The Bertz CT molecular complexity index is 490. The van der Waals surface area contributed by atoms with Crippen LogP contribution in [0, 0.1) is 11.8 Å². The van der Waals surface area contributed by atoms with Crippen LogP contribution in [0.1, 0.15) is 32.6 Å². The third-order valence-electron chi connectivity index (χ3n) is 4.81. The van der Waals surface area contributed by atoms with Crippen LogP contribution in [0.15, 0.2) is 29.5 Å². The van der Waals surface area contributed by atoms with Crippen LogP contribution in [0.3, 0.4) is 0 Å². The molecule has 21 heavy (non-hydrogen) atoms. The molecule has 3 rings (SSSR count). The van der Waals surface area contributed by atoms with Crippen molar-refractivity contribution in [1.82, 2.24) is 10.3 Å². The summed E-state index contributed by atoms with van der Waals surface area (Å²) in [6, 6.07) is 5.98. The number of hydrazone groups is 1. The lowest BCUT2D eigenvalue weighted by atomic mass is 9.70. The highest BCUT2D eigenvalue weighted by Crippen LogP contribution is 2.35. The predicted molar refractivity (Wildman–Crippen MR) is 84.2 cm³/mol. The van der Waals surface area contributed by atoms with Crippen LogP contribution in [-0.2, 0) is 0 Å². The van der Waals surface area contributed by atoms with E-state index in [1.165, 1.54) is 6.42 Å². The van der Waals surface area contributed by atoms with Gasteiger partial charge in [-0.15, -0.1) is 0 Å². The molecule has 2 heterocycles. The smallest absolute Gasteiger partial charge is 0.146 e. The number of aliphatic hydroxyl groups excluding tert-OH is 1. The van der Waals surface area contributed by atoms with Gasteiger partial charge in [0.05, 0.1) is 6.10 Å². The lowest BCUT2D eigenvalue weighted by Crippen LogP contribution is -2.55. The first-order valence-electron chi connectivity index (χ1n) is 7.88. The Morgan fingerprint density at radius 3 is 3.10 bits per heavy atom. The zero-order valence-corrected chi connectivity index (χ0v) is 12.5. The van der Waals surface area contributed by atoms with E-state index in [-0.39, 0.29) is 12.1 Å². The third-order valence-corrected chi connectivity index (χ3v) is 4.81. The Morgan fingerprint density at radius 1 is 1.38 bits per heavy atom. The van der Waals surface area contributed by atoms with Gasteiger partial charge < -0.3 is 10.4 Å². The summed E-state index contributed by atoms with van der Waals surface area (Å²) in [5, 5.41) is 18.2. The van der Waals surface area contributed by atoms with Gasteiger partial charge in [0.1, 0.15) is 5.82 Å². The molecule has 1 aromatic heterocycles. The van der Waals surface area contributed by atoms with Crippen molar-refractivity contribution in [2.45, 2.75) is 44.8 Å². The van der Waals surface area contributed by atoms with Gasteiger partial charge in [-0.25, -0.2) is 4.98 Å². The highest BCUT2D eigenvalue weighted by molar-refractivity contribution is 5.85. The maximum Gasteiger partial charge on any atom is 0.146 e. The van der Waals surface area contributed by atoms with E-state index in [1.807, 2.05) is 18.2 Å². The number of piperidine rings is 1. The molecule has 1 aromatic rings. The number of pyridine rings is 1. The molecular weight excluding hydrogens is 264 g/mol. The summed E-state index contributed by atoms with van der Waals surface area (Å²) in [7, 11) is 0. The number of hydrogen-bond acceptors (Lipinski definition) is 5. The predicted octanol–water partition coefficient (Wildman–Crippen LogP) is 2.01. The van der Waals surface area contributed by atoms with Crippen molar-refractivity contribution in [3.8, 4) is 0 Å². The Balaban J connectivity index is 1.69. The topological polar surface area (TPSA) is 69.5 Å². The highest BCUT2D eigenvalue weighted by Gasteiger charge is 2.40. The standard InChI is InChI=1S/C16H24N4O/c1-11(19-20-15-7-2-3-9-17-15)12-8-10-18-16-13(12)5-4-6-14(16)21/h2-3,7,9,12-14,16,18,21H,4-6,8,10H2,1H3,(H,17,20)/b19-11+. The normalized spacial score (nSPS) is 33.3. The zero-order valence-electron chi connectivity index (χ0n) is 12.5. The summed E-state index contributed by atoms with van der Waals surface area (Å²) in [5.74, 6) is 1.71. The Hall–Kier alpha value is -1.46. The fraction of sp³-hybridized carbons (Fsp3) is 0.625. The van der Waals surface area contributed by atoms with E-state index < -0.39 is 0 Å². The van der Waals surface area contributed by atoms with Crippen molar-refractivity contribution in [2.24, 2.45) is 16.9 Å². The lowest BCUT2D eigenvalue weighted by molar-refractivity contribution is 0.0307. The minimum Gasteiger partial charge on any atom is -0.391 e. The first kappa shape index (κ1) is 14.5. The monoisotopic (exact) mass is 288 g/mol. The molecule has 1 aliphatic heterocycles. The molecule has 2 fully saturated rings. The largest absolute Gasteiger partial charge is 0.391 e. The second kappa shape index (κ2) is 6.54. The van der Waals surface area contributed by atoms with Gasteiger partial charge >= 0.3 is 0 Å². The van der Waals surface area contributed by atoms with Crippen molar-refractivity contribution in [3.63, 3.8) is 0 Å². The lowest BCUT2D eigenvalue weighted by Gasteiger charge is -2.44. The fourth-order valence-electron chi connectivity index (χ4n) is 3.74. The SMILES string of the molecule is C/C(=N\Nc1ccccn1)C1CCNC2C(O)CCCC12. The molecule has 2 aliphatic rings. The van der Waals surface area contributed by atoms with E-state index in [0.717, 1.165) is 37.3 Å². The van der Waals surface area contributed by atoms with Crippen molar-refractivity contribution >= 4 is 11.5 Å². The van der Waals surface area contributed by atoms with Gasteiger partial charge in [-0.05, 0) is 50.8 Å². The van der Waals surface area contributed by atoms with E-state index in [0.29, 0.717) is 11.8 Å². The summed E-state index contributed by atoms with van der Waals surface area (Å²) in [6.45, 7) is 3.04. The molecule has 3 N–H and O–H groups in total. The maximum atomic E-state index is 10.2. The molecule has 1 aliphatic carbocycles. The zero-order chi connectivity index (χ0) is 14.7. The number of aromatic nitrogens is 1. The van der Waals surface area contributed by atoms with Gasteiger partial charge in [-0.2, -0.15) is 5.10 Å². The summed E-state index contributed by atoms with van der Waals surface area (Å²) < 4.78 is 0. The van der Waals surface area contributed by atoms with E-state index >= 15 is 0 Å². The molecule has 0 radical (unpaired) electrons. The summed E-state index contributed by atoms with van der Waals surface area (Å²) in [5.41, 5.74) is 4.16. The molecule has 1 saturated heterocycles. The maximum absolute atomic E-state index is 10.2. The Labute approximate surface area is 125 Å². The second-order valence-corrected chi connectivity index (χ2v) is 6.12. The average Bonchev–Trinajstić information content (AvgIpc) is 2.53. The van der Waals surface area contributed by atoms with Gasteiger partial charge in [-0.3, -0.25) is 5.43 Å². The van der Waals surface area contributed by atoms with Crippen LogP contribution in [-0.4, -0.2) is 34.5 Å². The van der Waals surface area contributed by atoms with Crippen molar-refractivity contribution in [1.29, 1.82) is 0 Å². The number of aliphatic hydroxyl groups is 1. The molecule has 0 aromatic carbocycles. The molecule has 4 unspecified atom stereocenters. The first-order chi connectivity index (χ1) is 10.3. The highest BCUT2D eigenvalue weighted by atomic mass is 16.3. The molecule has 0 amide bonds. The first-order valence-corrected chi connectivity index (χ1v) is 7.88. The van der Waals surface area contributed by atoms with Crippen molar-refractivity contribution < 1.29 is 5.11 Å². The second-order valence-electron chi connectivity index (χ2n) is 6.12. The van der Waals surface area contributed by atoms with Crippen LogP contribution in [0.5, 0.6) is 0 Å². The van der Waals surface area contributed by atoms with Crippen molar-refractivity contribution in [2.75, 3.05) is 12.0 Å². The molecule has 5 heteroatoms. The van der Waals surface area contributed by atoms with Gasteiger partial charge in [-0.1, -0.05) is 12.5 Å². The van der Waals surface area contributed by atoms with E-state index in [4.69, 9.17) is 0 Å². The van der Waals surface area contributed by atoms with E-state index in [1.54, 1.807) is 6.20 Å². The van der Waals surface area contributed by atoms with Gasteiger partial charge in [0.25, 0.3) is 0 Å². The Morgan fingerprint density at radius 2 is 2.29 bits per heavy atom. The van der Waals surface area contributed by atoms with E-state index in [2.05, 4.69) is 27.8 Å². The van der Waals surface area contributed by atoms with Crippen molar-refractivity contribution in [3.05, 3.63) is 24.4 Å². The quantitative estimate of drug-likeness (QED) is 0.588. The fourth-order valence-corrected chi connectivity index (χ4v) is 3.74. The summed E-state index contributed by atoms with van der Waals surface area (Å²) >= 11 is 0. The molecule has 0 bridgehead atoms. The summed E-state index contributed by atoms with van der Waals surface area (Å²) in [6.07, 6.45) is 5.85. The third kappa shape index (κ3) is 3.24. The van der Waals surface area contributed by atoms with Gasteiger partial charge in [0.2, 0.25) is 0 Å². The minimum atomic E-state index is -0.205. The number of nitrogens with zero attached hydrogens (tertiary/aromatic N) is 2. The number of anilines is 1. The van der Waals surface area contributed by atoms with Crippen LogP contribution in [0.25, 0.3) is 0 Å².